The van der Waals surface area contributed by atoms with Gasteiger partial charge in [0.25, 0.3) is 17.4 Å². The molecule has 1 atom stereocenters. The summed E-state index contributed by atoms with van der Waals surface area (Å²) in [5.41, 5.74) is 1.77. The van der Waals surface area contributed by atoms with Crippen LogP contribution in [0.4, 0.5) is 5.69 Å². The number of benzene rings is 1. The van der Waals surface area contributed by atoms with Crippen molar-refractivity contribution in [3.05, 3.63) is 41.2 Å². The molecule has 0 radical (unpaired) electrons. The third-order valence-electron chi connectivity index (χ3n) is 4.57. The van der Waals surface area contributed by atoms with Gasteiger partial charge in [0, 0.05) is 24.3 Å². The first-order chi connectivity index (χ1) is 11.9. The van der Waals surface area contributed by atoms with Crippen molar-refractivity contribution in [3.63, 3.8) is 0 Å². The van der Waals surface area contributed by atoms with Gasteiger partial charge in [-0.25, -0.2) is 0 Å². The Morgan fingerprint density at radius 2 is 2.08 bits per heavy atom. The molecular weight excluding hydrogens is 320 g/mol. The molecule has 7 nitrogen and oxygen atoms in total. The fraction of sp³-hybridized carbons (Fsp3) is 0.389. The standard InChI is InChI=1S/C18H22N4O3/c1-5-22-12(3)13(11(2)21-22)10-19-16(23)18(4)17(24)20-14-8-6-7-9-15(14)25-18/h6-9H,5,10H2,1-4H3,(H,19,23)(H,20,24)/t18-/m1/s1. The molecule has 3 rings (SSSR count). The van der Waals surface area contributed by atoms with E-state index in [1.807, 2.05) is 25.5 Å². The van der Waals surface area contributed by atoms with E-state index < -0.39 is 17.4 Å². The van der Waals surface area contributed by atoms with Crippen LogP contribution in [0, 0.1) is 13.8 Å². The maximum Gasteiger partial charge on any atom is 0.278 e. The number of aromatic nitrogens is 2. The predicted molar refractivity (Wildman–Crippen MR) is 93.3 cm³/mol. The lowest BCUT2D eigenvalue weighted by Gasteiger charge is -2.33. The first-order valence-electron chi connectivity index (χ1n) is 8.27. The van der Waals surface area contributed by atoms with Gasteiger partial charge in [-0.05, 0) is 39.8 Å². The summed E-state index contributed by atoms with van der Waals surface area (Å²) >= 11 is 0. The van der Waals surface area contributed by atoms with Gasteiger partial charge >= 0.3 is 0 Å². The molecule has 0 bridgehead atoms. The summed E-state index contributed by atoms with van der Waals surface area (Å²) < 4.78 is 7.61. The summed E-state index contributed by atoms with van der Waals surface area (Å²) in [6.45, 7) is 8.42. The van der Waals surface area contributed by atoms with Gasteiger partial charge in [0.15, 0.2) is 0 Å². The molecule has 0 fully saturated rings. The molecule has 1 aliphatic heterocycles. The highest BCUT2D eigenvalue weighted by Crippen LogP contribution is 2.33. The lowest BCUT2D eigenvalue weighted by molar-refractivity contribution is -0.146. The van der Waals surface area contributed by atoms with E-state index in [9.17, 15) is 9.59 Å². The van der Waals surface area contributed by atoms with Crippen molar-refractivity contribution in [1.29, 1.82) is 0 Å². The molecule has 132 valence electrons. The normalized spacial score (nSPS) is 19.0. The number of fused-ring (bicyclic) bond motifs is 1. The lowest BCUT2D eigenvalue weighted by atomic mass is 10.0. The molecule has 7 heteroatoms. The molecular formula is C18H22N4O3. The fourth-order valence-electron chi connectivity index (χ4n) is 2.95. The molecule has 0 aliphatic carbocycles. The Kier molecular flexibility index (Phi) is 4.24. The van der Waals surface area contributed by atoms with Crippen LogP contribution in [0.15, 0.2) is 24.3 Å². The van der Waals surface area contributed by atoms with E-state index in [2.05, 4.69) is 15.7 Å². The minimum absolute atomic E-state index is 0.296. The summed E-state index contributed by atoms with van der Waals surface area (Å²) in [7, 11) is 0. The average Bonchev–Trinajstić information content (AvgIpc) is 2.87. The number of carbonyl (C=O) groups excluding carboxylic acids is 2. The van der Waals surface area contributed by atoms with Crippen molar-refractivity contribution in [2.75, 3.05) is 5.32 Å². The second-order valence-electron chi connectivity index (χ2n) is 6.23. The van der Waals surface area contributed by atoms with Crippen molar-refractivity contribution in [2.24, 2.45) is 0 Å². The topological polar surface area (TPSA) is 85.2 Å². The van der Waals surface area contributed by atoms with Crippen molar-refractivity contribution < 1.29 is 14.3 Å². The van der Waals surface area contributed by atoms with Gasteiger partial charge in [0.05, 0.1) is 11.4 Å². The number of ether oxygens (including phenoxy) is 1. The number of amides is 2. The highest BCUT2D eigenvalue weighted by atomic mass is 16.5. The van der Waals surface area contributed by atoms with Crippen LogP contribution in [-0.2, 0) is 22.7 Å². The van der Waals surface area contributed by atoms with Crippen molar-refractivity contribution in [3.8, 4) is 5.75 Å². The van der Waals surface area contributed by atoms with Crippen molar-refractivity contribution >= 4 is 17.5 Å². The summed E-state index contributed by atoms with van der Waals surface area (Å²) in [6, 6.07) is 7.04. The molecule has 1 aliphatic rings. The number of nitrogens with zero attached hydrogens (tertiary/aromatic N) is 2. The number of para-hydroxylation sites is 2. The van der Waals surface area contributed by atoms with Gasteiger partial charge in [-0.15, -0.1) is 0 Å². The molecule has 0 saturated carbocycles. The zero-order valence-corrected chi connectivity index (χ0v) is 14.8. The van der Waals surface area contributed by atoms with E-state index in [0.717, 1.165) is 23.5 Å². The fourth-order valence-corrected chi connectivity index (χ4v) is 2.95. The number of hydrogen-bond donors (Lipinski definition) is 2. The number of anilines is 1. The van der Waals surface area contributed by atoms with Crippen LogP contribution in [0.2, 0.25) is 0 Å². The van der Waals surface area contributed by atoms with Crippen molar-refractivity contribution in [1.82, 2.24) is 15.1 Å². The highest BCUT2D eigenvalue weighted by Gasteiger charge is 2.47. The Bertz CT molecular complexity index is 843. The zero-order chi connectivity index (χ0) is 18.2. The number of nitrogens with one attached hydrogen (secondary N) is 2. The maximum absolute atomic E-state index is 12.7. The van der Waals surface area contributed by atoms with Crippen LogP contribution >= 0.6 is 0 Å². The van der Waals surface area contributed by atoms with Crippen LogP contribution in [0.3, 0.4) is 0 Å². The summed E-state index contributed by atoms with van der Waals surface area (Å²) in [5.74, 6) is -0.491. The molecule has 0 spiro atoms. The first kappa shape index (κ1) is 17.0. The monoisotopic (exact) mass is 342 g/mol. The quantitative estimate of drug-likeness (QED) is 0.832. The summed E-state index contributed by atoms with van der Waals surface area (Å²) in [6.07, 6.45) is 0. The number of aryl methyl sites for hydroxylation is 2. The van der Waals surface area contributed by atoms with Crippen LogP contribution < -0.4 is 15.4 Å². The lowest BCUT2D eigenvalue weighted by Crippen LogP contribution is -2.58. The molecule has 2 N–H and O–H groups in total. The zero-order valence-electron chi connectivity index (χ0n) is 14.8. The van der Waals surface area contributed by atoms with E-state index >= 15 is 0 Å². The molecule has 2 amide bonds. The van der Waals surface area contributed by atoms with E-state index in [4.69, 9.17) is 4.74 Å². The van der Waals surface area contributed by atoms with E-state index in [1.165, 1.54) is 6.92 Å². The minimum Gasteiger partial charge on any atom is -0.466 e. The second kappa shape index (κ2) is 6.23. The molecule has 1 aromatic heterocycles. The van der Waals surface area contributed by atoms with Gasteiger partial charge in [-0.3, -0.25) is 14.3 Å². The average molecular weight is 342 g/mol. The van der Waals surface area contributed by atoms with Gasteiger partial charge < -0.3 is 15.4 Å². The predicted octanol–water partition coefficient (Wildman–Crippen LogP) is 1.93. The Morgan fingerprint density at radius 3 is 2.76 bits per heavy atom. The summed E-state index contributed by atoms with van der Waals surface area (Å²) in [5, 5.41) is 9.97. The molecule has 2 heterocycles. The van der Waals surface area contributed by atoms with Crippen LogP contribution in [0.25, 0.3) is 0 Å². The Labute approximate surface area is 146 Å². The largest absolute Gasteiger partial charge is 0.466 e. The second-order valence-corrected chi connectivity index (χ2v) is 6.23. The van der Waals surface area contributed by atoms with Crippen molar-refractivity contribution in [2.45, 2.75) is 46.4 Å². The molecule has 1 aromatic carbocycles. The SMILES string of the molecule is CCn1nc(C)c(CNC(=O)[C@@]2(C)Oc3ccccc3NC2=O)c1C. The maximum atomic E-state index is 12.7. The third-order valence-corrected chi connectivity index (χ3v) is 4.57. The van der Waals surface area contributed by atoms with Crippen LogP contribution in [0.5, 0.6) is 5.75 Å². The Hall–Kier alpha value is -2.83. The first-order valence-corrected chi connectivity index (χ1v) is 8.27. The summed E-state index contributed by atoms with van der Waals surface area (Å²) in [4.78, 5) is 25.1. The van der Waals surface area contributed by atoms with Gasteiger partial charge in [-0.1, -0.05) is 12.1 Å². The third kappa shape index (κ3) is 2.86. The van der Waals surface area contributed by atoms with E-state index in [-0.39, 0.29) is 0 Å². The van der Waals surface area contributed by atoms with Crippen LogP contribution in [0.1, 0.15) is 30.8 Å². The Balaban J connectivity index is 1.77. The molecule has 25 heavy (non-hydrogen) atoms. The number of carbonyl (C=O) groups is 2. The molecule has 0 saturated heterocycles. The highest BCUT2D eigenvalue weighted by molar-refractivity contribution is 6.15. The molecule has 2 aromatic rings. The van der Waals surface area contributed by atoms with Gasteiger partial charge in [0.2, 0.25) is 0 Å². The van der Waals surface area contributed by atoms with Crippen LogP contribution in [-0.4, -0.2) is 27.2 Å². The van der Waals surface area contributed by atoms with E-state index in [0.29, 0.717) is 18.0 Å². The number of rotatable bonds is 4. The Morgan fingerprint density at radius 1 is 1.36 bits per heavy atom. The van der Waals surface area contributed by atoms with Gasteiger partial charge in [-0.2, -0.15) is 5.10 Å². The minimum atomic E-state index is -1.61. The van der Waals surface area contributed by atoms with E-state index in [1.54, 1.807) is 24.3 Å². The molecule has 0 unspecified atom stereocenters. The van der Waals surface area contributed by atoms with Gasteiger partial charge in [0.1, 0.15) is 5.75 Å². The smallest absolute Gasteiger partial charge is 0.278 e. The number of hydrogen-bond acceptors (Lipinski definition) is 4.